The van der Waals surface area contributed by atoms with E-state index in [1.165, 1.54) is 0 Å². The van der Waals surface area contributed by atoms with Crippen molar-refractivity contribution in [3.8, 4) is 0 Å². The predicted octanol–water partition coefficient (Wildman–Crippen LogP) is 1.32. The molecule has 0 aliphatic heterocycles. The molecule has 1 N–H and O–H groups in total. The smallest absolute Gasteiger partial charge is 0.242 e. The van der Waals surface area contributed by atoms with Crippen molar-refractivity contribution in [3.63, 3.8) is 0 Å². The van der Waals surface area contributed by atoms with E-state index in [2.05, 4.69) is 32.3 Å². The van der Waals surface area contributed by atoms with Gasteiger partial charge in [-0.1, -0.05) is 22.6 Å². The Morgan fingerprint density at radius 3 is 2.80 bits per heavy atom. The third kappa shape index (κ3) is 3.99. The Balaban J connectivity index is 2.77. The molecular weight excluding hydrogens is 334 g/mol. The second-order valence-corrected chi connectivity index (χ2v) is 5.62. The maximum atomic E-state index is 12.7. The molecule has 1 aromatic heterocycles. The van der Waals surface area contributed by atoms with Crippen molar-refractivity contribution >= 4 is 32.6 Å². The molecule has 0 saturated heterocycles. The lowest BCUT2D eigenvalue weighted by Crippen LogP contribution is -2.25. The topological polar surface area (TPSA) is 59.1 Å². The van der Waals surface area contributed by atoms with Crippen molar-refractivity contribution in [2.24, 2.45) is 0 Å². The minimum absolute atomic E-state index is 0.143. The molecule has 7 heteroatoms. The molecule has 0 fully saturated rings. The first kappa shape index (κ1) is 12.8. The van der Waals surface area contributed by atoms with Crippen LogP contribution < -0.4 is 4.72 Å². The fourth-order valence-electron chi connectivity index (χ4n) is 0.896. The van der Waals surface area contributed by atoms with E-state index >= 15 is 0 Å². The molecule has 84 valence electrons. The molecule has 0 atom stereocenters. The number of halogens is 2. The Labute approximate surface area is 101 Å². The molecule has 0 unspecified atom stereocenters. The summed E-state index contributed by atoms with van der Waals surface area (Å²) < 4.78 is 39.0. The van der Waals surface area contributed by atoms with Crippen LogP contribution in [-0.2, 0) is 10.0 Å². The summed E-state index contributed by atoms with van der Waals surface area (Å²) in [4.78, 5) is 3.34. The molecule has 15 heavy (non-hydrogen) atoms. The van der Waals surface area contributed by atoms with E-state index in [0.29, 0.717) is 6.54 Å². The molecule has 4 nitrogen and oxygen atoms in total. The van der Waals surface area contributed by atoms with Crippen molar-refractivity contribution in [3.05, 3.63) is 24.3 Å². The maximum Gasteiger partial charge on any atom is 0.242 e. The zero-order valence-electron chi connectivity index (χ0n) is 7.78. The minimum atomic E-state index is -3.61. The lowest BCUT2D eigenvalue weighted by molar-refractivity contribution is 0.575. The van der Waals surface area contributed by atoms with Crippen molar-refractivity contribution in [2.45, 2.75) is 11.3 Å². The monoisotopic (exact) mass is 344 g/mol. The third-order valence-electron chi connectivity index (χ3n) is 1.59. The van der Waals surface area contributed by atoms with Crippen LogP contribution in [0, 0.1) is 5.82 Å². The lowest BCUT2D eigenvalue weighted by atomic mass is 10.5. The lowest BCUT2D eigenvalue weighted by Gasteiger charge is -2.04. The van der Waals surface area contributed by atoms with Crippen molar-refractivity contribution in [1.82, 2.24) is 9.71 Å². The van der Waals surface area contributed by atoms with Crippen LogP contribution in [0.5, 0.6) is 0 Å². The van der Waals surface area contributed by atoms with E-state index in [9.17, 15) is 12.8 Å². The normalized spacial score (nSPS) is 11.6. The molecule has 0 aliphatic rings. The van der Waals surface area contributed by atoms with Crippen LogP contribution in [0.25, 0.3) is 0 Å². The highest BCUT2D eigenvalue weighted by Crippen LogP contribution is 2.08. The van der Waals surface area contributed by atoms with Gasteiger partial charge in [-0.05, 0) is 12.5 Å². The van der Waals surface area contributed by atoms with Crippen molar-refractivity contribution in [1.29, 1.82) is 0 Å². The van der Waals surface area contributed by atoms with Crippen molar-refractivity contribution < 1.29 is 12.8 Å². The van der Waals surface area contributed by atoms with E-state index in [0.717, 1.165) is 29.3 Å². The van der Waals surface area contributed by atoms with Gasteiger partial charge in [0.05, 0.1) is 6.20 Å². The van der Waals surface area contributed by atoms with Crippen LogP contribution in [0.15, 0.2) is 23.4 Å². The summed E-state index contributed by atoms with van der Waals surface area (Å²) >= 11 is 2.15. The van der Waals surface area contributed by atoms with Crippen LogP contribution in [0.4, 0.5) is 4.39 Å². The first-order chi connectivity index (χ1) is 7.06. The van der Waals surface area contributed by atoms with Crippen LogP contribution in [0.2, 0.25) is 0 Å². The number of alkyl halides is 1. The predicted molar refractivity (Wildman–Crippen MR) is 62.9 cm³/mol. The van der Waals surface area contributed by atoms with Gasteiger partial charge in [0.2, 0.25) is 10.0 Å². The number of pyridine rings is 1. The molecule has 0 saturated carbocycles. The van der Waals surface area contributed by atoms with Gasteiger partial charge in [-0.3, -0.25) is 4.98 Å². The Kier molecular flexibility index (Phi) is 4.87. The van der Waals surface area contributed by atoms with E-state index in [-0.39, 0.29) is 4.90 Å². The molecule has 0 radical (unpaired) electrons. The zero-order valence-corrected chi connectivity index (χ0v) is 10.8. The molecular formula is C8H10FIN2O2S. The van der Waals surface area contributed by atoms with Crippen LogP contribution in [0.1, 0.15) is 6.42 Å². The number of rotatable bonds is 5. The second kappa shape index (κ2) is 5.71. The Morgan fingerprint density at radius 1 is 1.47 bits per heavy atom. The van der Waals surface area contributed by atoms with Gasteiger partial charge in [0.25, 0.3) is 0 Å². The molecule has 1 aromatic rings. The molecule has 0 amide bonds. The highest BCUT2D eigenvalue weighted by molar-refractivity contribution is 14.1. The molecule has 0 spiro atoms. The summed E-state index contributed by atoms with van der Waals surface area (Å²) in [6.07, 6.45) is 2.82. The highest BCUT2D eigenvalue weighted by atomic mass is 127. The van der Waals surface area contributed by atoms with Gasteiger partial charge in [-0.2, -0.15) is 0 Å². The van der Waals surface area contributed by atoms with Gasteiger partial charge in [-0.25, -0.2) is 17.5 Å². The highest BCUT2D eigenvalue weighted by Gasteiger charge is 2.13. The molecule has 0 bridgehead atoms. The van der Waals surface area contributed by atoms with E-state index in [1.54, 1.807) is 0 Å². The Morgan fingerprint density at radius 2 is 2.20 bits per heavy atom. The molecule has 0 aromatic carbocycles. The number of nitrogens with zero attached hydrogens (tertiary/aromatic N) is 1. The van der Waals surface area contributed by atoms with E-state index < -0.39 is 15.8 Å². The largest absolute Gasteiger partial charge is 0.260 e. The van der Waals surface area contributed by atoms with Crippen molar-refractivity contribution in [2.75, 3.05) is 11.0 Å². The SMILES string of the molecule is O=S(=O)(NCCCI)c1cncc(F)c1. The summed E-state index contributed by atoms with van der Waals surface area (Å²) in [7, 11) is -3.61. The molecule has 1 rings (SSSR count). The van der Waals surface area contributed by atoms with Gasteiger partial charge >= 0.3 is 0 Å². The quantitative estimate of drug-likeness (QED) is 0.498. The summed E-state index contributed by atoms with van der Waals surface area (Å²) in [5.74, 6) is -0.660. The third-order valence-corrected chi connectivity index (χ3v) is 3.78. The number of nitrogens with one attached hydrogen (secondary N) is 1. The Bertz CT molecular complexity index is 424. The fraction of sp³-hybridized carbons (Fsp3) is 0.375. The standard InChI is InChI=1S/C8H10FIN2O2S/c9-7-4-8(6-11-5-7)15(13,14)12-3-1-2-10/h4-6,12H,1-3H2. The summed E-state index contributed by atoms with van der Waals surface area (Å²) in [6, 6.07) is 0.944. The maximum absolute atomic E-state index is 12.7. The number of hydrogen-bond acceptors (Lipinski definition) is 3. The van der Waals surface area contributed by atoms with Crippen LogP contribution in [-0.4, -0.2) is 24.4 Å². The zero-order chi connectivity index (χ0) is 11.3. The number of aromatic nitrogens is 1. The average molecular weight is 344 g/mol. The number of hydrogen-bond donors (Lipinski definition) is 1. The van der Waals surface area contributed by atoms with Crippen LogP contribution in [0.3, 0.4) is 0 Å². The summed E-state index contributed by atoms with van der Waals surface area (Å²) in [5.41, 5.74) is 0. The van der Waals surface area contributed by atoms with Gasteiger partial charge < -0.3 is 0 Å². The molecule has 0 aliphatic carbocycles. The second-order valence-electron chi connectivity index (χ2n) is 2.78. The van der Waals surface area contributed by atoms with Gasteiger partial charge in [0.1, 0.15) is 10.7 Å². The summed E-state index contributed by atoms with van der Waals surface area (Å²) in [6.45, 7) is 0.349. The van der Waals surface area contributed by atoms with Gasteiger partial charge in [0, 0.05) is 17.2 Å². The first-order valence-electron chi connectivity index (χ1n) is 4.22. The van der Waals surface area contributed by atoms with E-state index in [4.69, 9.17) is 0 Å². The Hall–Kier alpha value is -0.280. The fourth-order valence-corrected chi connectivity index (χ4v) is 2.32. The van der Waals surface area contributed by atoms with Crippen LogP contribution >= 0.6 is 22.6 Å². The first-order valence-corrected chi connectivity index (χ1v) is 7.23. The van der Waals surface area contributed by atoms with Gasteiger partial charge in [0.15, 0.2) is 0 Å². The average Bonchev–Trinajstić information content (AvgIpc) is 2.18. The number of sulfonamides is 1. The van der Waals surface area contributed by atoms with E-state index in [1.807, 2.05) is 0 Å². The summed E-state index contributed by atoms with van der Waals surface area (Å²) in [5, 5.41) is 0. The minimum Gasteiger partial charge on any atom is -0.260 e. The van der Waals surface area contributed by atoms with Gasteiger partial charge in [-0.15, -0.1) is 0 Å². The molecule has 1 heterocycles.